The molecule has 0 saturated carbocycles. The Morgan fingerprint density at radius 1 is 0.688 bits per heavy atom. The van der Waals surface area contributed by atoms with Crippen molar-refractivity contribution in [1.29, 1.82) is 0 Å². The van der Waals surface area contributed by atoms with Gasteiger partial charge in [0, 0.05) is 12.2 Å². The lowest BCUT2D eigenvalue weighted by Gasteiger charge is -1.82. The fourth-order valence-corrected chi connectivity index (χ4v) is 1.07. The molecule has 0 aliphatic carbocycles. The number of benzene rings is 1. The van der Waals surface area contributed by atoms with E-state index in [-0.39, 0.29) is 8.98 Å². The molecule has 0 aromatic heterocycles. The molecular weight excluding hydrogens is 290 g/mol. The number of hydrogen-bond donors (Lipinski definition) is 0. The van der Waals surface area contributed by atoms with Crippen LogP contribution in [0.2, 0.25) is 0 Å². The van der Waals surface area contributed by atoms with Crippen LogP contribution in [0.25, 0.3) is 0 Å². The molecule has 0 saturated heterocycles. The SMILES string of the molecule is O=C(C=C(Cl)Cl)C=C(Cl)Cl.c1ccccc1. The fraction of sp³-hybridized carbons (Fsp3) is 0. The third kappa shape index (κ3) is 11.6. The van der Waals surface area contributed by atoms with Gasteiger partial charge in [0.25, 0.3) is 0 Å². The zero-order chi connectivity index (χ0) is 12.4. The lowest BCUT2D eigenvalue weighted by molar-refractivity contribution is -0.110. The third-order valence-electron chi connectivity index (χ3n) is 1.17. The highest BCUT2D eigenvalue weighted by atomic mass is 35.5. The van der Waals surface area contributed by atoms with Crippen LogP contribution in [0, 0.1) is 0 Å². The van der Waals surface area contributed by atoms with Crippen molar-refractivity contribution >= 4 is 52.2 Å². The Bertz CT molecular complexity index is 316. The second kappa shape index (κ2) is 9.73. The van der Waals surface area contributed by atoms with E-state index in [9.17, 15) is 4.79 Å². The van der Waals surface area contributed by atoms with Gasteiger partial charge in [0.05, 0.1) is 0 Å². The Morgan fingerprint density at radius 2 is 0.938 bits per heavy atom. The maximum Gasteiger partial charge on any atom is 0.183 e. The van der Waals surface area contributed by atoms with Crippen molar-refractivity contribution in [3.05, 3.63) is 57.5 Å². The molecule has 0 heterocycles. The van der Waals surface area contributed by atoms with Crippen molar-refractivity contribution in [1.82, 2.24) is 0 Å². The maximum absolute atomic E-state index is 10.6. The highest BCUT2D eigenvalue weighted by molar-refractivity contribution is 6.58. The standard InChI is InChI=1S/C6H6.C5H2Cl4O/c1-2-4-6-5-3-1;6-4(7)1-3(10)2-5(8)9/h1-6H;1-2H. The Hall–Kier alpha value is -0.470. The van der Waals surface area contributed by atoms with Crippen LogP contribution in [0.5, 0.6) is 0 Å². The van der Waals surface area contributed by atoms with Crippen molar-refractivity contribution < 1.29 is 4.79 Å². The van der Waals surface area contributed by atoms with Gasteiger partial charge in [0.2, 0.25) is 0 Å². The Balaban J connectivity index is 0.000000315. The highest BCUT2D eigenvalue weighted by Crippen LogP contribution is 2.09. The van der Waals surface area contributed by atoms with Crippen LogP contribution in [-0.4, -0.2) is 5.78 Å². The van der Waals surface area contributed by atoms with Crippen LogP contribution >= 0.6 is 46.4 Å². The van der Waals surface area contributed by atoms with Gasteiger partial charge >= 0.3 is 0 Å². The van der Waals surface area contributed by atoms with E-state index in [1.54, 1.807) is 0 Å². The van der Waals surface area contributed by atoms with E-state index in [0.717, 1.165) is 12.2 Å². The van der Waals surface area contributed by atoms with E-state index in [0.29, 0.717) is 0 Å². The summed E-state index contributed by atoms with van der Waals surface area (Å²) in [7, 11) is 0. The number of halogens is 4. The monoisotopic (exact) mass is 296 g/mol. The van der Waals surface area contributed by atoms with E-state index < -0.39 is 5.78 Å². The molecular formula is C11H8Cl4O. The molecule has 1 rings (SSSR count). The fourth-order valence-electron chi connectivity index (χ4n) is 0.642. The lowest BCUT2D eigenvalue weighted by Crippen LogP contribution is -1.84. The number of carbonyl (C=O) groups excluding carboxylic acids is 1. The Labute approximate surface area is 114 Å². The molecule has 0 radical (unpaired) electrons. The van der Waals surface area contributed by atoms with Crippen LogP contribution < -0.4 is 0 Å². The molecule has 0 bridgehead atoms. The van der Waals surface area contributed by atoms with Gasteiger partial charge in [0.15, 0.2) is 5.78 Å². The van der Waals surface area contributed by atoms with Gasteiger partial charge < -0.3 is 0 Å². The number of carbonyl (C=O) groups is 1. The normalized spacial score (nSPS) is 8.25. The second-order valence-electron chi connectivity index (χ2n) is 2.43. The van der Waals surface area contributed by atoms with Gasteiger partial charge in [0.1, 0.15) is 8.98 Å². The molecule has 0 fully saturated rings. The summed E-state index contributed by atoms with van der Waals surface area (Å²) in [6.45, 7) is 0. The molecule has 0 aliphatic heterocycles. The molecule has 0 aliphatic rings. The molecule has 0 spiro atoms. The van der Waals surface area contributed by atoms with Crippen LogP contribution in [0.15, 0.2) is 57.5 Å². The second-order valence-corrected chi connectivity index (χ2v) is 4.44. The van der Waals surface area contributed by atoms with Crippen LogP contribution in [-0.2, 0) is 4.79 Å². The predicted molar refractivity (Wildman–Crippen MR) is 71.0 cm³/mol. The molecule has 16 heavy (non-hydrogen) atoms. The van der Waals surface area contributed by atoms with Crippen molar-refractivity contribution in [2.45, 2.75) is 0 Å². The first-order valence-electron chi connectivity index (χ1n) is 4.11. The number of allylic oxidation sites excluding steroid dienone is 2. The van der Waals surface area contributed by atoms with Crippen LogP contribution in [0.4, 0.5) is 0 Å². The average molecular weight is 298 g/mol. The molecule has 0 atom stereocenters. The smallest absolute Gasteiger partial charge is 0.183 e. The van der Waals surface area contributed by atoms with Gasteiger partial charge in [-0.2, -0.15) is 0 Å². The summed E-state index contributed by atoms with van der Waals surface area (Å²) in [5, 5.41) is 0. The van der Waals surface area contributed by atoms with E-state index >= 15 is 0 Å². The molecule has 1 nitrogen and oxygen atoms in total. The Kier molecular flexibility index (Phi) is 9.45. The van der Waals surface area contributed by atoms with Gasteiger partial charge in [-0.1, -0.05) is 82.8 Å². The van der Waals surface area contributed by atoms with Crippen LogP contribution in [0.1, 0.15) is 0 Å². The lowest BCUT2D eigenvalue weighted by atomic mass is 10.4. The minimum Gasteiger partial charge on any atom is -0.290 e. The quantitative estimate of drug-likeness (QED) is 0.711. The third-order valence-corrected chi connectivity index (χ3v) is 1.61. The summed E-state index contributed by atoms with van der Waals surface area (Å²) < 4.78 is -0.258. The van der Waals surface area contributed by atoms with Crippen LogP contribution in [0.3, 0.4) is 0 Å². The van der Waals surface area contributed by atoms with Gasteiger partial charge in [-0.15, -0.1) is 0 Å². The summed E-state index contributed by atoms with van der Waals surface area (Å²) >= 11 is 20.6. The van der Waals surface area contributed by atoms with E-state index in [4.69, 9.17) is 46.4 Å². The molecule has 1 aromatic carbocycles. The zero-order valence-corrected chi connectivity index (χ0v) is 11.1. The first kappa shape index (κ1) is 15.5. The molecule has 0 unspecified atom stereocenters. The number of hydrogen-bond acceptors (Lipinski definition) is 1. The minimum absolute atomic E-state index is 0.129. The first-order chi connectivity index (χ1) is 7.52. The molecule has 5 heteroatoms. The zero-order valence-electron chi connectivity index (χ0n) is 8.04. The maximum atomic E-state index is 10.6. The van der Waals surface area contributed by atoms with E-state index in [2.05, 4.69) is 0 Å². The summed E-state index contributed by atoms with van der Waals surface area (Å²) in [5.41, 5.74) is 0. The van der Waals surface area contributed by atoms with E-state index in [1.165, 1.54) is 0 Å². The topological polar surface area (TPSA) is 17.1 Å². The van der Waals surface area contributed by atoms with Gasteiger partial charge in [-0.3, -0.25) is 4.79 Å². The van der Waals surface area contributed by atoms with Crippen molar-refractivity contribution in [3.8, 4) is 0 Å². The van der Waals surface area contributed by atoms with Crippen molar-refractivity contribution in [2.24, 2.45) is 0 Å². The molecule has 0 N–H and O–H groups in total. The highest BCUT2D eigenvalue weighted by Gasteiger charge is 1.94. The number of rotatable bonds is 2. The minimum atomic E-state index is -0.444. The van der Waals surface area contributed by atoms with E-state index in [1.807, 2.05) is 36.4 Å². The largest absolute Gasteiger partial charge is 0.290 e. The molecule has 1 aromatic rings. The summed E-state index contributed by atoms with van der Waals surface area (Å²) in [6.07, 6.45) is 1.99. The average Bonchev–Trinajstić information content (AvgIpc) is 2.18. The summed E-state index contributed by atoms with van der Waals surface area (Å²) in [4.78, 5) is 10.6. The van der Waals surface area contributed by atoms with Crippen molar-refractivity contribution in [3.63, 3.8) is 0 Å². The van der Waals surface area contributed by atoms with Gasteiger partial charge in [-0.05, 0) is 0 Å². The summed E-state index contributed by atoms with van der Waals surface area (Å²) in [5.74, 6) is -0.444. The van der Waals surface area contributed by atoms with Crippen molar-refractivity contribution in [2.75, 3.05) is 0 Å². The molecule has 86 valence electrons. The first-order valence-corrected chi connectivity index (χ1v) is 5.63. The molecule has 0 amide bonds. The summed E-state index contributed by atoms with van der Waals surface area (Å²) in [6, 6.07) is 12.0. The Morgan fingerprint density at radius 3 is 1.12 bits per heavy atom. The number of ketones is 1. The predicted octanol–water partition coefficient (Wildman–Crippen LogP) is 4.88. The van der Waals surface area contributed by atoms with Gasteiger partial charge in [-0.25, -0.2) is 0 Å².